The Morgan fingerprint density at radius 2 is 2.10 bits per heavy atom. The highest BCUT2D eigenvalue weighted by molar-refractivity contribution is 8.00. The molecule has 4 N–H and O–H groups in total. The number of unbranched alkanes of at least 4 members (excludes halogenated alkanes) is 2. The van der Waals surface area contributed by atoms with E-state index in [9.17, 15) is 24.9 Å². The molecule has 21 heavy (non-hydrogen) atoms. The number of aliphatic carboxylic acids is 1. The number of carbonyl (C=O) groups is 2. The minimum atomic E-state index is -3.15. The molecule has 0 bridgehead atoms. The first-order valence-corrected chi connectivity index (χ1v) is 7.60. The summed E-state index contributed by atoms with van der Waals surface area (Å²) < 4.78 is 44.2. The lowest BCUT2D eigenvalue weighted by Crippen LogP contribution is -2.42. The van der Waals surface area contributed by atoms with E-state index in [2.05, 4.69) is 0 Å². The molecule has 0 heterocycles. The number of hydrogen-bond donors (Lipinski definition) is 4. The summed E-state index contributed by atoms with van der Waals surface area (Å²) in [5, 5.41) is 29.4. The third kappa shape index (κ3) is 9.71. The van der Waals surface area contributed by atoms with Crippen LogP contribution in [-0.2, 0) is 9.59 Å². The number of aliphatic hydroxyl groups excluding tert-OH is 2. The Hall–Kier alpha value is -0.790. The number of hydrogen-bond acceptors (Lipinski definition) is 5. The molecule has 4 atom stereocenters. The Bertz CT molecular complexity index is 491. The Kier molecular flexibility index (Phi) is 6.61. The molecular weight excluding hydrogens is 294 g/mol. The van der Waals surface area contributed by atoms with Gasteiger partial charge < -0.3 is 20.6 Å². The average Bonchev–Trinajstić information content (AvgIpc) is 2.49. The van der Waals surface area contributed by atoms with Crippen molar-refractivity contribution in [3.05, 3.63) is 0 Å². The average molecular weight is 327 g/mol. The highest BCUT2D eigenvalue weighted by atomic mass is 32.2. The Morgan fingerprint density at radius 3 is 2.62 bits per heavy atom. The van der Waals surface area contributed by atoms with Gasteiger partial charge in [0.1, 0.15) is 6.04 Å². The van der Waals surface area contributed by atoms with Crippen LogP contribution in [0.1, 0.15) is 54.1 Å². The normalized spacial score (nSPS) is 22.2. The van der Waals surface area contributed by atoms with Gasteiger partial charge in [0.15, 0.2) is 0 Å². The minimum Gasteiger partial charge on any atom is -0.480 e. The van der Waals surface area contributed by atoms with Gasteiger partial charge in [0.2, 0.25) is 5.91 Å². The van der Waals surface area contributed by atoms with Crippen LogP contribution in [0, 0.1) is 0 Å². The van der Waals surface area contributed by atoms with Crippen LogP contribution in [0.3, 0.4) is 0 Å². The van der Waals surface area contributed by atoms with Gasteiger partial charge in [-0.15, -0.1) is 0 Å². The summed E-state index contributed by atoms with van der Waals surface area (Å²) in [4.78, 5) is 23.0. The first-order chi connectivity index (χ1) is 12.2. The largest absolute Gasteiger partial charge is 0.480 e. The van der Waals surface area contributed by atoms with E-state index in [0.717, 1.165) is 12.8 Å². The quantitative estimate of drug-likeness (QED) is 0.398. The highest BCUT2D eigenvalue weighted by Crippen LogP contribution is 2.23. The van der Waals surface area contributed by atoms with Crippen molar-refractivity contribution in [2.24, 2.45) is 0 Å². The number of carbonyl (C=O) groups excluding carboxylic acids is 1. The SMILES string of the molecule is [2H]C(O)CC(SC([2H])([2H])C(NC(=O)C([2H])([2H])[2H])C(=O)O)C(O)CCCCC. The molecule has 1 amide bonds. The zero-order valence-electron chi connectivity index (χ0n) is 17.9. The Labute approximate surface area is 138 Å². The first kappa shape index (κ1) is 11.7. The lowest BCUT2D eigenvalue weighted by atomic mass is 10.1. The van der Waals surface area contributed by atoms with Crippen LogP contribution in [0.5, 0.6) is 0 Å². The van der Waals surface area contributed by atoms with E-state index < -0.39 is 48.4 Å². The summed E-state index contributed by atoms with van der Waals surface area (Å²) in [6.07, 6.45) is 1.17. The molecular formula is C14H27NO5S. The van der Waals surface area contributed by atoms with E-state index >= 15 is 0 Å². The smallest absolute Gasteiger partial charge is 0.327 e. The molecule has 0 fully saturated rings. The fraction of sp³-hybridized carbons (Fsp3) is 0.857. The van der Waals surface area contributed by atoms with Gasteiger partial charge in [0, 0.05) is 31.2 Å². The molecule has 7 heteroatoms. The number of nitrogens with one attached hydrogen (secondary N) is 1. The molecule has 6 nitrogen and oxygen atoms in total. The summed E-state index contributed by atoms with van der Waals surface area (Å²) in [5.74, 6) is -3.39. The van der Waals surface area contributed by atoms with Crippen molar-refractivity contribution in [1.82, 2.24) is 5.32 Å². The maximum absolute atomic E-state index is 11.6. The van der Waals surface area contributed by atoms with E-state index in [0.29, 0.717) is 18.2 Å². The molecule has 0 saturated heterocycles. The second kappa shape index (κ2) is 11.8. The lowest BCUT2D eigenvalue weighted by molar-refractivity contribution is -0.140. The number of thioether (sulfide) groups is 1. The monoisotopic (exact) mass is 327 g/mol. The second-order valence-electron chi connectivity index (χ2n) is 4.50. The van der Waals surface area contributed by atoms with Gasteiger partial charge in [0.25, 0.3) is 0 Å². The van der Waals surface area contributed by atoms with Crippen LogP contribution < -0.4 is 5.32 Å². The molecule has 0 spiro atoms. The molecule has 4 unspecified atom stereocenters. The number of carboxylic acids is 1. The second-order valence-corrected chi connectivity index (χ2v) is 5.58. The van der Waals surface area contributed by atoms with E-state index in [4.69, 9.17) is 8.22 Å². The molecule has 0 rings (SSSR count). The van der Waals surface area contributed by atoms with E-state index in [1.54, 1.807) is 5.32 Å². The van der Waals surface area contributed by atoms with Crippen LogP contribution >= 0.6 is 11.8 Å². The van der Waals surface area contributed by atoms with Gasteiger partial charge in [-0.25, -0.2) is 4.79 Å². The molecule has 0 aliphatic rings. The van der Waals surface area contributed by atoms with Crippen LogP contribution in [-0.4, -0.2) is 56.9 Å². The van der Waals surface area contributed by atoms with Crippen LogP contribution in [0.2, 0.25) is 0 Å². The Balaban J connectivity index is 5.35. The van der Waals surface area contributed by atoms with Gasteiger partial charge in [-0.2, -0.15) is 11.8 Å². The van der Waals surface area contributed by atoms with Crippen molar-refractivity contribution in [1.29, 1.82) is 0 Å². The van der Waals surface area contributed by atoms with E-state index in [1.165, 1.54) is 0 Å². The van der Waals surface area contributed by atoms with Crippen molar-refractivity contribution >= 4 is 23.6 Å². The summed E-state index contributed by atoms with van der Waals surface area (Å²) in [5.41, 5.74) is -2.70. The molecule has 0 radical (unpaired) electrons. The molecule has 0 aliphatic carbocycles. The zero-order valence-corrected chi connectivity index (χ0v) is 12.7. The van der Waals surface area contributed by atoms with Gasteiger partial charge in [-0.1, -0.05) is 26.2 Å². The topological polar surface area (TPSA) is 107 Å². The van der Waals surface area contributed by atoms with E-state index in [1.807, 2.05) is 6.92 Å². The number of aliphatic hydroxyl groups is 2. The van der Waals surface area contributed by atoms with Crippen molar-refractivity contribution in [3.8, 4) is 0 Å². The number of rotatable bonds is 12. The summed E-state index contributed by atoms with van der Waals surface area (Å²) >= 11 is 0.355. The standard InChI is InChI=1S/C14H27NO5S/c1-3-4-5-6-12(18)13(7-8-16)21-9-11(14(19)20)15-10(2)17/h11-13,16,18H,3-9H2,1-2H3,(H,15,17)(H,19,20)/i2D3,8D,9D2. The van der Waals surface area contributed by atoms with Gasteiger partial charge in [0.05, 0.1) is 7.47 Å². The highest BCUT2D eigenvalue weighted by Gasteiger charge is 2.24. The lowest BCUT2D eigenvalue weighted by Gasteiger charge is -2.23. The first-order valence-electron chi connectivity index (χ1n) is 9.80. The van der Waals surface area contributed by atoms with Crippen LogP contribution in [0.15, 0.2) is 0 Å². The zero-order chi connectivity index (χ0) is 21.4. The summed E-state index contributed by atoms with van der Waals surface area (Å²) in [6.45, 7) is -2.81. The molecule has 0 aliphatic heterocycles. The molecule has 0 aromatic rings. The van der Waals surface area contributed by atoms with Gasteiger partial charge in [-0.05, 0) is 12.8 Å². The van der Waals surface area contributed by atoms with Gasteiger partial charge in [-0.3, -0.25) is 4.79 Å². The van der Waals surface area contributed by atoms with Gasteiger partial charge >= 0.3 is 5.97 Å². The van der Waals surface area contributed by atoms with Crippen molar-refractivity contribution in [3.63, 3.8) is 0 Å². The fourth-order valence-electron chi connectivity index (χ4n) is 1.61. The van der Waals surface area contributed by atoms with Crippen LogP contribution in [0.25, 0.3) is 0 Å². The van der Waals surface area contributed by atoms with Crippen molar-refractivity contribution < 1.29 is 33.1 Å². The predicted molar refractivity (Wildman–Crippen MR) is 83.3 cm³/mol. The molecule has 0 aromatic carbocycles. The summed E-state index contributed by atoms with van der Waals surface area (Å²) in [7, 11) is 0. The maximum atomic E-state index is 11.6. The molecule has 124 valence electrons. The van der Waals surface area contributed by atoms with Crippen LogP contribution in [0.4, 0.5) is 0 Å². The fourth-order valence-corrected chi connectivity index (χ4v) is 2.55. The summed E-state index contributed by atoms with van der Waals surface area (Å²) in [6, 6.07) is -2.19. The molecule has 0 aromatic heterocycles. The van der Waals surface area contributed by atoms with Crippen molar-refractivity contribution in [2.45, 2.75) is 63.3 Å². The maximum Gasteiger partial charge on any atom is 0.327 e. The number of carboxylic acid groups (broad SMARTS) is 1. The minimum absolute atomic E-state index is 0.272. The third-order valence-corrected chi connectivity index (χ3v) is 3.91. The predicted octanol–water partition coefficient (Wildman–Crippen LogP) is 1.00. The third-order valence-electron chi connectivity index (χ3n) is 2.73. The Morgan fingerprint density at radius 1 is 1.38 bits per heavy atom. The van der Waals surface area contributed by atoms with E-state index in [-0.39, 0.29) is 12.8 Å². The number of amides is 1. The molecule has 0 saturated carbocycles. The van der Waals surface area contributed by atoms with Crippen molar-refractivity contribution in [2.75, 3.05) is 12.3 Å².